The van der Waals surface area contributed by atoms with Gasteiger partial charge < -0.3 is 14.8 Å². The highest BCUT2D eigenvalue weighted by molar-refractivity contribution is 5.78. The summed E-state index contributed by atoms with van der Waals surface area (Å²) < 4.78 is 9.99. The Balaban J connectivity index is 1.89. The van der Waals surface area contributed by atoms with Gasteiger partial charge >= 0.3 is 5.97 Å². The minimum atomic E-state index is -0.492. The minimum absolute atomic E-state index is 0.189. The fraction of sp³-hybridized carbons (Fsp3) is 0.533. The first-order valence-electron chi connectivity index (χ1n) is 6.50. The summed E-state index contributed by atoms with van der Waals surface area (Å²) in [5.41, 5.74) is 3.31. The molecular formula is C15H21NO3. The van der Waals surface area contributed by atoms with Gasteiger partial charge in [-0.1, -0.05) is 18.2 Å². The Labute approximate surface area is 114 Å². The van der Waals surface area contributed by atoms with Crippen LogP contribution in [-0.4, -0.2) is 32.8 Å². The van der Waals surface area contributed by atoms with E-state index in [1.165, 1.54) is 23.8 Å². The standard InChI is InChI=1S/C15H21NO3/c1-11-4-5-13(6-12(11)2)7-16-8-15(9-19-10-15)14(17)18-3/h4-6,16H,7-10H2,1-3H3. The van der Waals surface area contributed by atoms with E-state index in [2.05, 4.69) is 37.4 Å². The zero-order chi connectivity index (χ0) is 13.9. The summed E-state index contributed by atoms with van der Waals surface area (Å²) in [6.45, 7) is 6.44. The molecule has 104 valence electrons. The predicted octanol–water partition coefficient (Wildman–Crippen LogP) is 1.58. The van der Waals surface area contributed by atoms with Crippen LogP contribution in [0.3, 0.4) is 0 Å². The molecular weight excluding hydrogens is 242 g/mol. The minimum Gasteiger partial charge on any atom is -0.468 e. The second kappa shape index (κ2) is 5.72. The molecule has 0 aliphatic carbocycles. The molecule has 4 heteroatoms. The number of benzene rings is 1. The van der Waals surface area contributed by atoms with Crippen molar-refractivity contribution >= 4 is 5.97 Å². The number of carbonyl (C=O) groups excluding carboxylic acids is 1. The zero-order valence-corrected chi connectivity index (χ0v) is 11.8. The van der Waals surface area contributed by atoms with Crippen LogP contribution in [-0.2, 0) is 20.8 Å². The third-order valence-corrected chi connectivity index (χ3v) is 3.74. The fourth-order valence-corrected chi connectivity index (χ4v) is 2.22. The first-order chi connectivity index (χ1) is 9.07. The van der Waals surface area contributed by atoms with E-state index in [1.54, 1.807) is 0 Å². The molecule has 0 atom stereocenters. The molecule has 1 aliphatic heterocycles. The lowest BCUT2D eigenvalue weighted by atomic mass is 9.86. The number of aryl methyl sites for hydroxylation is 2. The van der Waals surface area contributed by atoms with Crippen molar-refractivity contribution in [2.24, 2.45) is 5.41 Å². The normalized spacial score (nSPS) is 16.8. The summed E-state index contributed by atoms with van der Waals surface area (Å²) in [6, 6.07) is 6.40. The summed E-state index contributed by atoms with van der Waals surface area (Å²) in [4.78, 5) is 11.7. The van der Waals surface area contributed by atoms with Crippen LogP contribution in [0.25, 0.3) is 0 Å². The third-order valence-electron chi connectivity index (χ3n) is 3.74. The number of nitrogens with one attached hydrogen (secondary N) is 1. The van der Waals surface area contributed by atoms with Crippen molar-refractivity contribution in [3.8, 4) is 0 Å². The van der Waals surface area contributed by atoms with Crippen LogP contribution >= 0.6 is 0 Å². The van der Waals surface area contributed by atoms with Gasteiger partial charge in [-0.05, 0) is 30.5 Å². The molecule has 0 aromatic heterocycles. The maximum Gasteiger partial charge on any atom is 0.317 e. The molecule has 1 aromatic rings. The zero-order valence-electron chi connectivity index (χ0n) is 11.8. The molecule has 0 saturated carbocycles. The Kier molecular flexibility index (Phi) is 4.22. The number of esters is 1. The van der Waals surface area contributed by atoms with Crippen molar-refractivity contribution in [2.75, 3.05) is 26.9 Å². The first-order valence-corrected chi connectivity index (χ1v) is 6.50. The van der Waals surface area contributed by atoms with Gasteiger partial charge in [-0.2, -0.15) is 0 Å². The molecule has 1 N–H and O–H groups in total. The summed E-state index contributed by atoms with van der Waals surface area (Å²) in [5, 5.41) is 3.33. The Morgan fingerprint density at radius 3 is 2.63 bits per heavy atom. The molecule has 4 nitrogen and oxygen atoms in total. The van der Waals surface area contributed by atoms with Gasteiger partial charge in [0.15, 0.2) is 0 Å². The number of hydrogen-bond acceptors (Lipinski definition) is 4. The van der Waals surface area contributed by atoms with Gasteiger partial charge in [-0.25, -0.2) is 0 Å². The highest BCUT2D eigenvalue weighted by Gasteiger charge is 2.46. The van der Waals surface area contributed by atoms with Gasteiger partial charge in [-0.3, -0.25) is 4.79 Å². The van der Waals surface area contributed by atoms with E-state index in [0.29, 0.717) is 19.8 Å². The lowest BCUT2D eigenvalue weighted by Crippen LogP contribution is -2.55. The van der Waals surface area contributed by atoms with Crippen LogP contribution in [0.2, 0.25) is 0 Å². The van der Waals surface area contributed by atoms with Crippen molar-refractivity contribution in [1.82, 2.24) is 5.32 Å². The molecule has 1 heterocycles. The molecule has 0 spiro atoms. The van der Waals surface area contributed by atoms with E-state index in [9.17, 15) is 4.79 Å². The average molecular weight is 263 g/mol. The molecule has 0 radical (unpaired) electrons. The van der Waals surface area contributed by atoms with Crippen LogP contribution in [0.15, 0.2) is 18.2 Å². The van der Waals surface area contributed by atoms with Crippen molar-refractivity contribution in [1.29, 1.82) is 0 Å². The highest BCUT2D eigenvalue weighted by atomic mass is 16.5. The maximum atomic E-state index is 11.7. The van der Waals surface area contributed by atoms with E-state index in [1.807, 2.05) is 0 Å². The number of carbonyl (C=O) groups is 1. The molecule has 19 heavy (non-hydrogen) atoms. The van der Waals surface area contributed by atoms with E-state index in [4.69, 9.17) is 9.47 Å². The maximum absolute atomic E-state index is 11.7. The van der Waals surface area contributed by atoms with Crippen molar-refractivity contribution in [3.05, 3.63) is 34.9 Å². The van der Waals surface area contributed by atoms with Gasteiger partial charge in [0.2, 0.25) is 0 Å². The third kappa shape index (κ3) is 2.96. The second-order valence-corrected chi connectivity index (χ2v) is 5.29. The topological polar surface area (TPSA) is 47.6 Å². The van der Waals surface area contributed by atoms with E-state index in [-0.39, 0.29) is 5.97 Å². The smallest absolute Gasteiger partial charge is 0.317 e. The first kappa shape index (κ1) is 14.0. The van der Waals surface area contributed by atoms with Crippen LogP contribution in [0.4, 0.5) is 0 Å². The summed E-state index contributed by atoms with van der Waals surface area (Å²) in [7, 11) is 1.42. The quantitative estimate of drug-likeness (QED) is 0.819. The fourth-order valence-electron chi connectivity index (χ4n) is 2.22. The van der Waals surface area contributed by atoms with Crippen molar-refractivity contribution in [2.45, 2.75) is 20.4 Å². The molecule has 1 aliphatic rings. The summed E-state index contributed by atoms with van der Waals surface area (Å²) in [6.07, 6.45) is 0. The number of ether oxygens (including phenoxy) is 2. The second-order valence-electron chi connectivity index (χ2n) is 5.29. The van der Waals surface area contributed by atoms with Crippen LogP contribution in [0.5, 0.6) is 0 Å². The van der Waals surface area contributed by atoms with Crippen molar-refractivity contribution in [3.63, 3.8) is 0 Å². The Morgan fingerprint density at radius 1 is 1.37 bits per heavy atom. The molecule has 2 rings (SSSR count). The monoisotopic (exact) mass is 263 g/mol. The largest absolute Gasteiger partial charge is 0.468 e. The van der Waals surface area contributed by atoms with Gasteiger partial charge in [0.25, 0.3) is 0 Å². The predicted molar refractivity (Wildman–Crippen MR) is 72.9 cm³/mol. The van der Waals surface area contributed by atoms with Gasteiger partial charge in [0, 0.05) is 13.1 Å². The van der Waals surface area contributed by atoms with Gasteiger partial charge in [-0.15, -0.1) is 0 Å². The molecule has 0 bridgehead atoms. The van der Waals surface area contributed by atoms with E-state index in [0.717, 1.165) is 6.54 Å². The van der Waals surface area contributed by atoms with Crippen LogP contribution < -0.4 is 5.32 Å². The summed E-state index contributed by atoms with van der Waals surface area (Å²) >= 11 is 0. The van der Waals surface area contributed by atoms with Crippen LogP contribution in [0, 0.1) is 19.3 Å². The van der Waals surface area contributed by atoms with Crippen molar-refractivity contribution < 1.29 is 14.3 Å². The number of rotatable bonds is 5. The Hall–Kier alpha value is -1.39. The number of hydrogen-bond donors (Lipinski definition) is 1. The Bertz CT molecular complexity index is 466. The number of methoxy groups -OCH3 is 1. The molecule has 1 saturated heterocycles. The highest BCUT2D eigenvalue weighted by Crippen LogP contribution is 2.28. The van der Waals surface area contributed by atoms with Gasteiger partial charge in [0.1, 0.15) is 5.41 Å². The molecule has 0 unspecified atom stereocenters. The SMILES string of the molecule is COC(=O)C1(CNCc2ccc(C)c(C)c2)COC1. The Morgan fingerprint density at radius 2 is 2.11 bits per heavy atom. The van der Waals surface area contributed by atoms with E-state index < -0.39 is 5.41 Å². The lowest BCUT2D eigenvalue weighted by Gasteiger charge is -2.38. The molecule has 1 aromatic carbocycles. The lowest BCUT2D eigenvalue weighted by molar-refractivity contribution is -0.182. The van der Waals surface area contributed by atoms with Gasteiger partial charge in [0.05, 0.1) is 20.3 Å². The van der Waals surface area contributed by atoms with E-state index >= 15 is 0 Å². The molecule has 1 fully saturated rings. The van der Waals surface area contributed by atoms with Crippen LogP contribution in [0.1, 0.15) is 16.7 Å². The molecule has 0 amide bonds. The average Bonchev–Trinajstić information content (AvgIpc) is 2.36. The summed E-state index contributed by atoms with van der Waals surface area (Å²) in [5.74, 6) is -0.189.